The second kappa shape index (κ2) is 4.96. The van der Waals surface area contributed by atoms with Crippen LogP contribution in [0.15, 0.2) is 18.5 Å². The van der Waals surface area contributed by atoms with E-state index in [1.54, 1.807) is 0 Å². The molecule has 2 N–H and O–H groups in total. The Morgan fingerprint density at radius 3 is 2.69 bits per heavy atom. The Morgan fingerprint density at radius 1 is 1.44 bits per heavy atom. The van der Waals surface area contributed by atoms with Crippen molar-refractivity contribution in [1.29, 1.82) is 0 Å². The lowest BCUT2D eigenvalue weighted by molar-refractivity contribution is -0.143. The van der Waals surface area contributed by atoms with Crippen molar-refractivity contribution < 1.29 is 18.0 Å². The molecule has 0 aliphatic carbocycles. The SMILES string of the molecule is Nc1ccncc1CC(=O)CCC(F)(F)F. The smallest absolute Gasteiger partial charge is 0.389 e. The van der Waals surface area contributed by atoms with Gasteiger partial charge in [0, 0.05) is 36.5 Å². The first kappa shape index (κ1) is 12.5. The highest BCUT2D eigenvalue weighted by atomic mass is 19.4. The Hall–Kier alpha value is -1.59. The van der Waals surface area contributed by atoms with Crippen molar-refractivity contribution in [2.24, 2.45) is 0 Å². The number of pyridine rings is 1. The number of carbonyl (C=O) groups is 1. The van der Waals surface area contributed by atoms with E-state index < -0.39 is 24.8 Å². The van der Waals surface area contributed by atoms with Gasteiger partial charge >= 0.3 is 6.18 Å². The highest BCUT2D eigenvalue weighted by Gasteiger charge is 2.27. The molecule has 0 spiro atoms. The molecule has 0 atom stereocenters. The summed E-state index contributed by atoms with van der Waals surface area (Å²) < 4.78 is 35.5. The van der Waals surface area contributed by atoms with Crippen molar-refractivity contribution in [2.75, 3.05) is 5.73 Å². The Balaban J connectivity index is 2.50. The number of hydrogen-bond donors (Lipinski definition) is 1. The number of Topliss-reactive ketones (excluding diaryl/α,β-unsaturated/α-hetero) is 1. The number of alkyl halides is 3. The third kappa shape index (κ3) is 4.29. The molecule has 1 aromatic heterocycles. The molecule has 0 aromatic carbocycles. The Labute approximate surface area is 90.5 Å². The van der Waals surface area contributed by atoms with Gasteiger partial charge in [0.2, 0.25) is 0 Å². The van der Waals surface area contributed by atoms with Gasteiger partial charge < -0.3 is 5.73 Å². The Morgan fingerprint density at radius 2 is 2.12 bits per heavy atom. The molecule has 1 aromatic rings. The maximum Gasteiger partial charge on any atom is 0.389 e. The molecule has 0 bridgehead atoms. The molecule has 6 heteroatoms. The number of hydrogen-bond acceptors (Lipinski definition) is 3. The van der Waals surface area contributed by atoms with Gasteiger partial charge in [-0.25, -0.2) is 0 Å². The number of nitrogens with zero attached hydrogens (tertiary/aromatic N) is 1. The van der Waals surface area contributed by atoms with E-state index in [0.717, 1.165) is 0 Å². The van der Waals surface area contributed by atoms with Crippen LogP contribution in [0.5, 0.6) is 0 Å². The highest BCUT2D eigenvalue weighted by molar-refractivity contribution is 5.82. The maximum atomic E-state index is 11.8. The van der Waals surface area contributed by atoms with Crippen LogP contribution in [0.3, 0.4) is 0 Å². The van der Waals surface area contributed by atoms with Gasteiger partial charge in [0.1, 0.15) is 5.78 Å². The minimum Gasteiger partial charge on any atom is -0.398 e. The third-order valence-electron chi connectivity index (χ3n) is 2.02. The van der Waals surface area contributed by atoms with Crippen molar-refractivity contribution in [3.63, 3.8) is 0 Å². The zero-order valence-electron chi connectivity index (χ0n) is 8.42. The van der Waals surface area contributed by atoms with E-state index in [1.165, 1.54) is 18.5 Å². The van der Waals surface area contributed by atoms with E-state index in [0.29, 0.717) is 11.3 Å². The summed E-state index contributed by atoms with van der Waals surface area (Å²) in [7, 11) is 0. The number of anilines is 1. The molecule has 3 nitrogen and oxygen atoms in total. The third-order valence-corrected chi connectivity index (χ3v) is 2.02. The number of aromatic nitrogens is 1. The summed E-state index contributed by atoms with van der Waals surface area (Å²) in [5, 5.41) is 0. The summed E-state index contributed by atoms with van der Waals surface area (Å²) in [5.74, 6) is -0.489. The number of ketones is 1. The fourth-order valence-corrected chi connectivity index (χ4v) is 1.17. The first-order chi connectivity index (χ1) is 7.38. The molecule has 0 aliphatic heterocycles. The summed E-state index contributed by atoms with van der Waals surface area (Å²) >= 11 is 0. The second-order valence-electron chi connectivity index (χ2n) is 3.41. The molecule has 0 saturated heterocycles. The summed E-state index contributed by atoms with van der Waals surface area (Å²) in [6, 6.07) is 1.51. The minimum atomic E-state index is -4.30. The van der Waals surface area contributed by atoms with E-state index in [-0.39, 0.29) is 6.42 Å². The van der Waals surface area contributed by atoms with Crippen molar-refractivity contribution >= 4 is 11.5 Å². The predicted octanol–water partition coefficient (Wildman–Crippen LogP) is 2.12. The van der Waals surface area contributed by atoms with E-state index in [2.05, 4.69) is 4.98 Å². The first-order valence-electron chi connectivity index (χ1n) is 4.65. The standard InChI is InChI=1S/C10H11F3N2O/c11-10(12,13)3-1-8(16)5-7-6-15-4-2-9(7)14/h2,4,6H,1,3,5H2,(H2,14,15). The monoisotopic (exact) mass is 232 g/mol. The van der Waals surface area contributed by atoms with Crippen LogP contribution < -0.4 is 5.73 Å². The summed E-state index contributed by atoms with van der Waals surface area (Å²) in [4.78, 5) is 15.0. The zero-order valence-corrected chi connectivity index (χ0v) is 8.42. The van der Waals surface area contributed by atoms with Crippen molar-refractivity contribution in [3.8, 4) is 0 Å². The number of carbonyl (C=O) groups excluding carboxylic acids is 1. The largest absolute Gasteiger partial charge is 0.398 e. The Kier molecular flexibility index (Phi) is 3.87. The lowest BCUT2D eigenvalue weighted by Crippen LogP contribution is -2.12. The number of halogens is 3. The first-order valence-corrected chi connectivity index (χ1v) is 4.65. The van der Waals surface area contributed by atoms with Crippen molar-refractivity contribution in [2.45, 2.75) is 25.4 Å². The molecule has 0 fully saturated rings. The average molecular weight is 232 g/mol. The van der Waals surface area contributed by atoms with Gasteiger partial charge in [-0.1, -0.05) is 0 Å². The fourth-order valence-electron chi connectivity index (χ4n) is 1.17. The fraction of sp³-hybridized carbons (Fsp3) is 0.400. The maximum absolute atomic E-state index is 11.8. The highest BCUT2D eigenvalue weighted by Crippen LogP contribution is 2.22. The lowest BCUT2D eigenvalue weighted by atomic mass is 10.1. The molecule has 0 aliphatic rings. The van der Waals surface area contributed by atoms with Crippen LogP contribution in [0.25, 0.3) is 0 Å². The quantitative estimate of drug-likeness (QED) is 0.865. The molecule has 0 unspecified atom stereocenters. The predicted molar refractivity (Wildman–Crippen MR) is 52.6 cm³/mol. The zero-order chi connectivity index (χ0) is 12.2. The molecule has 0 radical (unpaired) electrons. The van der Waals surface area contributed by atoms with Crippen LogP contribution in [-0.4, -0.2) is 16.9 Å². The number of nitrogen functional groups attached to an aromatic ring is 1. The molecule has 0 amide bonds. The minimum absolute atomic E-state index is 0.101. The molecule has 1 rings (SSSR count). The lowest BCUT2D eigenvalue weighted by Gasteiger charge is -2.06. The van der Waals surface area contributed by atoms with Crippen LogP contribution in [0.1, 0.15) is 18.4 Å². The van der Waals surface area contributed by atoms with Gasteiger partial charge in [0.05, 0.1) is 6.42 Å². The van der Waals surface area contributed by atoms with Gasteiger partial charge in [-0.15, -0.1) is 0 Å². The van der Waals surface area contributed by atoms with E-state index in [1.807, 2.05) is 0 Å². The summed E-state index contributed by atoms with van der Waals surface area (Å²) in [6.07, 6.45) is -3.16. The second-order valence-corrected chi connectivity index (χ2v) is 3.41. The van der Waals surface area contributed by atoms with Crippen LogP contribution in [0, 0.1) is 0 Å². The van der Waals surface area contributed by atoms with E-state index in [9.17, 15) is 18.0 Å². The van der Waals surface area contributed by atoms with Crippen molar-refractivity contribution in [1.82, 2.24) is 4.98 Å². The van der Waals surface area contributed by atoms with Gasteiger partial charge in [-0.2, -0.15) is 13.2 Å². The van der Waals surface area contributed by atoms with E-state index in [4.69, 9.17) is 5.73 Å². The van der Waals surface area contributed by atoms with Crippen LogP contribution in [0.2, 0.25) is 0 Å². The number of nitrogens with two attached hydrogens (primary N) is 1. The van der Waals surface area contributed by atoms with E-state index >= 15 is 0 Å². The van der Waals surface area contributed by atoms with Gasteiger partial charge in [0.15, 0.2) is 0 Å². The molecule has 1 heterocycles. The van der Waals surface area contributed by atoms with Crippen LogP contribution in [0.4, 0.5) is 18.9 Å². The molecular weight excluding hydrogens is 221 g/mol. The molecule has 0 saturated carbocycles. The molecular formula is C10H11F3N2O. The summed E-state index contributed by atoms with van der Waals surface area (Å²) in [5.41, 5.74) is 6.37. The van der Waals surface area contributed by atoms with Gasteiger partial charge in [0.25, 0.3) is 0 Å². The molecule has 88 valence electrons. The Bertz CT molecular complexity index is 377. The van der Waals surface area contributed by atoms with Crippen LogP contribution >= 0.6 is 0 Å². The topological polar surface area (TPSA) is 56.0 Å². The summed E-state index contributed by atoms with van der Waals surface area (Å²) in [6.45, 7) is 0. The van der Waals surface area contributed by atoms with Gasteiger partial charge in [-0.05, 0) is 6.07 Å². The van der Waals surface area contributed by atoms with Crippen LogP contribution in [-0.2, 0) is 11.2 Å². The normalized spacial score (nSPS) is 11.4. The average Bonchev–Trinajstić information content (AvgIpc) is 2.18. The van der Waals surface area contributed by atoms with Gasteiger partial charge in [-0.3, -0.25) is 9.78 Å². The van der Waals surface area contributed by atoms with Crippen molar-refractivity contribution in [3.05, 3.63) is 24.0 Å². The molecule has 16 heavy (non-hydrogen) atoms. The number of rotatable bonds is 4.